The van der Waals surface area contributed by atoms with E-state index in [1.165, 1.54) is 63.1 Å². The molecule has 5 rings (SSSR count). The van der Waals surface area contributed by atoms with E-state index in [4.69, 9.17) is 9.47 Å². The SMILES string of the molecule is CCOc1cc(N2CCN(CC3CC3)CC2)c(C2CC(C)(C)CC(C)(C)C2)cc1N1CCOCC1.Cl. The zero-order valence-electron chi connectivity index (χ0n) is 23.5. The van der Waals surface area contributed by atoms with Gasteiger partial charge in [-0.15, -0.1) is 12.4 Å². The second kappa shape index (κ2) is 11.3. The molecule has 0 N–H and O–H groups in total. The van der Waals surface area contributed by atoms with Crippen molar-refractivity contribution in [3.05, 3.63) is 17.7 Å². The summed E-state index contributed by atoms with van der Waals surface area (Å²) in [6.45, 7) is 22.2. The van der Waals surface area contributed by atoms with Gasteiger partial charge in [-0.25, -0.2) is 0 Å². The summed E-state index contributed by atoms with van der Waals surface area (Å²) in [5.74, 6) is 2.62. The molecular formula is C30H50ClN3O2. The highest BCUT2D eigenvalue weighted by Crippen LogP contribution is 2.54. The van der Waals surface area contributed by atoms with Gasteiger partial charge in [0.25, 0.3) is 0 Å². The topological polar surface area (TPSA) is 28.2 Å². The van der Waals surface area contributed by atoms with Crippen LogP contribution in [0.2, 0.25) is 0 Å². The van der Waals surface area contributed by atoms with Gasteiger partial charge in [0.05, 0.1) is 25.5 Å². The Hall–Kier alpha value is -1.17. The van der Waals surface area contributed by atoms with E-state index in [-0.39, 0.29) is 12.4 Å². The van der Waals surface area contributed by atoms with Crippen molar-refractivity contribution in [2.75, 3.05) is 75.4 Å². The number of morpholine rings is 1. The smallest absolute Gasteiger partial charge is 0.144 e. The summed E-state index contributed by atoms with van der Waals surface area (Å²) in [4.78, 5) is 7.87. The van der Waals surface area contributed by atoms with Crippen LogP contribution >= 0.6 is 12.4 Å². The molecule has 6 heteroatoms. The average molecular weight is 520 g/mol. The van der Waals surface area contributed by atoms with E-state index in [0.717, 1.165) is 51.1 Å². The first-order chi connectivity index (χ1) is 16.7. The van der Waals surface area contributed by atoms with Crippen LogP contribution < -0.4 is 14.5 Å². The number of nitrogens with zero attached hydrogens (tertiary/aromatic N) is 3. The molecule has 0 aromatic heterocycles. The fourth-order valence-electron chi connectivity index (χ4n) is 7.40. The maximum atomic E-state index is 6.31. The van der Waals surface area contributed by atoms with Gasteiger partial charge in [-0.05, 0) is 73.3 Å². The molecule has 0 amide bonds. The van der Waals surface area contributed by atoms with Gasteiger partial charge >= 0.3 is 0 Å². The number of anilines is 2. The molecule has 5 nitrogen and oxygen atoms in total. The van der Waals surface area contributed by atoms with Gasteiger partial charge in [0, 0.05) is 57.6 Å². The number of benzene rings is 1. The van der Waals surface area contributed by atoms with Crippen molar-refractivity contribution in [1.82, 2.24) is 4.90 Å². The van der Waals surface area contributed by atoms with Crippen molar-refractivity contribution in [2.24, 2.45) is 16.7 Å². The Kier molecular flexibility index (Phi) is 8.74. The third-order valence-corrected chi connectivity index (χ3v) is 8.68. The Morgan fingerprint density at radius 2 is 1.47 bits per heavy atom. The van der Waals surface area contributed by atoms with Crippen LogP contribution in [0.4, 0.5) is 11.4 Å². The molecule has 2 saturated carbocycles. The summed E-state index contributed by atoms with van der Waals surface area (Å²) >= 11 is 0. The maximum absolute atomic E-state index is 6.31. The summed E-state index contributed by atoms with van der Waals surface area (Å²) in [7, 11) is 0. The molecule has 4 aliphatic rings. The highest BCUT2D eigenvalue weighted by Gasteiger charge is 2.40. The molecule has 36 heavy (non-hydrogen) atoms. The third kappa shape index (κ3) is 6.63. The van der Waals surface area contributed by atoms with Gasteiger partial charge in [0.15, 0.2) is 0 Å². The Labute approximate surface area is 226 Å². The highest BCUT2D eigenvalue weighted by molar-refractivity contribution is 5.85. The third-order valence-electron chi connectivity index (χ3n) is 8.68. The summed E-state index contributed by atoms with van der Waals surface area (Å²) in [5.41, 5.74) is 5.01. The van der Waals surface area contributed by atoms with Crippen molar-refractivity contribution in [1.29, 1.82) is 0 Å². The second-order valence-electron chi connectivity index (χ2n) is 13.3. The minimum Gasteiger partial charge on any atom is -0.492 e. The first-order valence-electron chi connectivity index (χ1n) is 14.3. The van der Waals surface area contributed by atoms with Gasteiger partial charge in [0.2, 0.25) is 0 Å². The minimum absolute atomic E-state index is 0. The molecule has 2 aliphatic carbocycles. The maximum Gasteiger partial charge on any atom is 0.144 e. The molecule has 1 aromatic carbocycles. The van der Waals surface area contributed by atoms with E-state index in [2.05, 4.69) is 61.5 Å². The van der Waals surface area contributed by atoms with Crippen LogP contribution in [0, 0.1) is 16.7 Å². The van der Waals surface area contributed by atoms with Crippen molar-refractivity contribution < 1.29 is 9.47 Å². The Balaban J connectivity index is 0.00000304. The lowest BCUT2D eigenvalue weighted by Gasteiger charge is -2.47. The quantitative estimate of drug-likeness (QED) is 0.428. The largest absolute Gasteiger partial charge is 0.492 e. The van der Waals surface area contributed by atoms with Gasteiger partial charge in [-0.3, -0.25) is 4.90 Å². The van der Waals surface area contributed by atoms with Crippen LogP contribution in [0.1, 0.15) is 78.2 Å². The van der Waals surface area contributed by atoms with Crippen molar-refractivity contribution >= 4 is 23.8 Å². The van der Waals surface area contributed by atoms with Crippen molar-refractivity contribution in [3.8, 4) is 5.75 Å². The zero-order valence-corrected chi connectivity index (χ0v) is 24.3. The van der Waals surface area contributed by atoms with Gasteiger partial charge in [0.1, 0.15) is 5.75 Å². The Morgan fingerprint density at radius 1 is 0.861 bits per heavy atom. The molecule has 2 aliphatic heterocycles. The van der Waals surface area contributed by atoms with Crippen molar-refractivity contribution in [2.45, 2.75) is 72.6 Å². The van der Waals surface area contributed by atoms with Crippen molar-refractivity contribution in [3.63, 3.8) is 0 Å². The molecule has 204 valence electrons. The molecule has 1 aromatic rings. The molecule has 0 spiro atoms. The van der Waals surface area contributed by atoms with E-state index < -0.39 is 0 Å². The number of hydrogen-bond acceptors (Lipinski definition) is 5. The predicted molar refractivity (Wildman–Crippen MR) is 153 cm³/mol. The van der Waals surface area contributed by atoms with Gasteiger partial charge in [-0.2, -0.15) is 0 Å². The Bertz CT molecular complexity index is 855. The van der Waals surface area contributed by atoms with E-state index in [9.17, 15) is 0 Å². The molecule has 2 saturated heterocycles. The first kappa shape index (κ1) is 27.9. The summed E-state index contributed by atoms with van der Waals surface area (Å²) in [5, 5.41) is 0. The van der Waals surface area contributed by atoms with E-state index >= 15 is 0 Å². The standard InChI is InChI=1S/C30H49N3O2.ClH/c1-6-35-28-18-26(32-11-9-31(10-12-32)21-23-7-8-23)25(17-27(28)33-13-15-34-16-14-33)24-19-29(2,3)22-30(4,5)20-24;/h17-18,23-24H,6-16,19-22H2,1-5H3;1H. The van der Waals surface area contributed by atoms with Crippen LogP contribution in [0.3, 0.4) is 0 Å². The Morgan fingerprint density at radius 3 is 2.06 bits per heavy atom. The number of halogens is 1. The molecule has 0 atom stereocenters. The van der Waals surface area contributed by atoms with E-state index in [0.29, 0.717) is 23.4 Å². The van der Waals surface area contributed by atoms with Gasteiger partial charge in [-0.1, -0.05) is 27.7 Å². The van der Waals surface area contributed by atoms with Crippen LogP contribution in [0.25, 0.3) is 0 Å². The van der Waals surface area contributed by atoms with E-state index in [1.807, 2.05) is 0 Å². The van der Waals surface area contributed by atoms with Gasteiger partial charge < -0.3 is 19.3 Å². The fraction of sp³-hybridized carbons (Fsp3) is 0.800. The molecular weight excluding hydrogens is 470 g/mol. The zero-order chi connectivity index (χ0) is 24.6. The minimum atomic E-state index is 0. The highest BCUT2D eigenvalue weighted by atomic mass is 35.5. The average Bonchev–Trinajstić information content (AvgIpc) is 3.62. The lowest BCUT2D eigenvalue weighted by atomic mass is 9.60. The number of ether oxygens (including phenoxy) is 2. The molecule has 4 fully saturated rings. The lowest BCUT2D eigenvalue weighted by molar-refractivity contribution is 0.0969. The van der Waals surface area contributed by atoms with Crippen LogP contribution in [0.15, 0.2) is 12.1 Å². The normalized spacial score (nSPS) is 24.9. The van der Waals surface area contributed by atoms with Crippen LogP contribution in [-0.2, 0) is 4.74 Å². The number of hydrogen-bond donors (Lipinski definition) is 0. The lowest BCUT2D eigenvalue weighted by Crippen LogP contribution is -2.47. The number of rotatable bonds is 7. The summed E-state index contributed by atoms with van der Waals surface area (Å²) in [6, 6.07) is 4.94. The summed E-state index contributed by atoms with van der Waals surface area (Å²) in [6.07, 6.45) is 6.72. The second-order valence-corrected chi connectivity index (χ2v) is 13.3. The molecule has 0 bridgehead atoms. The molecule has 2 heterocycles. The first-order valence-corrected chi connectivity index (χ1v) is 14.3. The van der Waals surface area contributed by atoms with Crippen LogP contribution in [-0.4, -0.2) is 70.5 Å². The summed E-state index contributed by atoms with van der Waals surface area (Å²) < 4.78 is 12.0. The fourth-order valence-corrected chi connectivity index (χ4v) is 7.40. The molecule has 0 radical (unpaired) electrons. The van der Waals surface area contributed by atoms with E-state index in [1.54, 1.807) is 5.56 Å². The van der Waals surface area contributed by atoms with Crippen LogP contribution in [0.5, 0.6) is 5.75 Å². The monoisotopic (exact) mass is 519 g/mol. The molecule has 0 unspecified atom stereocenters. The predicted octanol–water partition coefficient (Wildman–Crippen LogP) is 6.20. The number of piperazine rings is 1.